The van der Waals surface area contributed by atoms with Gasteiger partial charge < -0.3 is 19.8 Å². The summed E-state index contributed by atoms with van der Waals surface area (Å²) in [5.41, 5.74) is -0.566. The summed E-state index contributed by atoms with van der Waals surface area (Å²) >= 11 is 0. The lowest BCUT2D eigenvalue weighted by Crippen LogP contribution is -2.32. The number of carbonyl (C=O) groups excluding carboxylic acids is 2. The average molecular weight is 270 g/mol. The van der Waals surface area contributed by atoms with E-state index in [9.17, 15) is 9.59 Å². The number of alkyl carbamates (subject to hydrolysis) is 1. The van der Waals surface area contributed by atoms with E-state index < -0.39 is 11.7 Å². The van der Waals surface area contributed by atoms with Crippen molar-refractivity contribution >= 4 is 12.0 Å². The highest BCUT2D eigenvalue weighted by molar-refractivity contribution is 5.77. The van der Waals surface area contributed by atoms with Crippen LogP contribution in [0.3, 0.4) is 0 Å². The summed E-state index contributed by atoms with van der Waals surface area (Å²) in [7, 11) is 1.52. The van der Waals surface area contributed by atoms with Crippen molar-refractivity contribution in [2.24, 2.45) is 0 Å². The van der Waals surface area contributed by atoms with Crippen LogP contribution < -0.4 is 10.6 Å². The van der Waals surface area contributed by atoms with E-state index in [1.807, 2.05) is 0 Å². The molecular formula is C11H18N4O4. The number of hydrogen-bond acceptors (Lipinski definition) is 6. The molecule has 106 valence electrons. The Morgan fingerprint density at radius 1 is 1.26 bits per heavy atom. The van der Waals surface area contributed by atoms with E-state index in [2.05, 4.69) is 20.8 Å². The minimum Gasteiger partial charge on any atom is -0.444 e. The third kappa shape index (κ3) is 5.84. The number of nitrogens with one attached hydrogen (secondary N) is 2. The Labute approximate surface area is 110 Å². The fourth-order valence-corrected chi connectivity index (χ4v) is 1.12. The molecular weight excluding hydrogens is 252 g/mol. The number of rotatable bonds is 4. The summed E-state index contributed by atoms with van der Waals surface area (Å²) < 4.78 is 10.2. The second-order valence-corrected chi connectivity index (χ2v) is 4.79. The summed E-state index contributed by atoms with van der Waals surface area (Å²) in [4.78, 5) is 22.5. The Bertz CT molecular complexity index is 450. The monoisotopic (exact) mass is 270 g/mol. The van der Waals surface area contributed by atoms with Gasteiger partial charge in [0.15, 0.2) is 0 Å². The minimum absolute atomic E-state index is 0.00986. The number of carbonyl (C=O) groups is 2. The Morgan fingerprint density at radius 3 is 2.47 bits per heavy atom. The molecule has 8 nitrogen and oxygen atoms in total. The Hall–Kier alpha value is -2.12. The SMILES string of the molecule is CNC(=O)Cc1nnc(CNC(=O)OC(C)(C)C)o1. The largest absolute Gasteiger partial charge is 0.444 e. The molecule has 1 rings (SSSR count). The van der Waals surface area contributed by atoms with Crippen LogP contribution in [0.1, 0.15) is 32.6 Å². The molecule has 0 saturated heterocycles. The molecule has 0 bridgehead atoms. The average Bonchev–Trinajstić information content (AvgIpc) is 2.71. The zero-order valence-electron chi connectivity index (χ0n) is 11.4. The van der Waals surface area contributed by atoms with Crippen molar-refractivity contribution in [2.75, 3.05) is 7.05 Å². The Morgan fingerprint density at radius 2 is 1.89 bits per heavy atom. The standard InChI is InChI=1S/C11H18N4O4/c1-11(2,3)19-10(17)13-6-9-15-14-8(18-9)5-7(16)12-4/h5-6H2,1-4H3,(H,12,16)(H,13,17). The predicted molar refractivity (Wildman–Crippen MR) is 65.1 cm³/mol. The maximum Gasteiger partial charge on any atom is 0.408 e. The van der Waals surface area contributed by atoms with E-state index in [-0.39, 0.29) is 30.7 Å². The first-order valence-electron chi connectivity index (χ1n) is 5.79. The molecule has 0 aromatic carbocycles. The number of ether oxygens (including phenoxy) is 1. The van der Waals surface area contributed by atoms with E-state index in [0.29, 0.717) is 0 Å². The van der Waals surface area contributed by atoms with Crippen LogP contribution in [0.2, 0.25) is 0 Å². The highest BCUT2D eigenvalue weighted by Gasteiger charge is 2.17. The van der Waals surface area contributed by atoms with Crippen molar-refractivity contribution in [1.82, 2.24) is 20.8 Å². The minimum atomic E-state index is -0.571. The Balaban J connectivity index is 2.42. The molecule has 0 fully saturated rings. The summed E-state index contributed by atoms with van der Waals surface area (Å²) in [6, 6.07) is 0. The second kappa shape index (κ2) is 6.17. The first-order valence-corrected chi connectivity index (χ1v) is 5.79. The molecule has 1 aromatic heterocycles. The highest BCUT2D eigenvalue weighted by atomic mass is 16.6. The quantitative estimate of drug-likeness (QED) is 0.819. The van der Waals surface area contributed by atoms with Gasteiger partial charge in [0.05, 0.1) is 6.54 Å². The lowest BCUT2D eigenvalue weighted by Gasteiger charge is -2.19. The molecule has 2 amide bonds. The van der Waals surface area contributed by atoms with Gasteiger partial charge in [-0.15, -0.1) is 10.2 Å². The molecule has 0 aliphatic carbocycles. The van der Waals surface area contributed by atoms with Crippen LogP contribution in [0.5, 0.6) is 0 Å². The summed E-state index contributed by atoms with van der Waals surface area (Å²) in [5.74, 6) is 0.181. The molecule has 0 aliphatic rings. The number of nitrogens with zero attached hydrogens (tertiary/aromatic N) is 2. The molecule has 8 heteroatoms. The van der Waals surface area contributed by atoms with Gasteiger partial charge in [0, 0.05) is 7.05 Å². The molecule has 0 radical (unpaired) electrons. The van der Waals surface area contributed by atoms with Gasteiger partial charge in [-0.25, -0.2) is 4.79 Å². The molecule has 0 unspecified atom stereocenters. The molecule has 1 aromatic rings. The van der Waals surface area contributed by atoms with Gasteiger partial charge in [-0.05, 0) is 20.8 Å². The lowest BCUT2D eigenvalue weighted by molar-refractivity contribution is -0.120. The maximum atomic E-state index is 11.4. The van der Waals surface area contributed by atoms with Gasteiger partial charge in [-0.3, -0.25) is 4.79 Å². The van der Waals surface area contributed by atoms with Gasteiger partial charge in [0.25, 0.3) is 0 Å². The van der Waals surface area contributed by atoms with Crippen molar-refractivity contribution in [1.29, 1.82) is 0 Å². The van der Waals surface area contributed by atoms with E-state index in [1.54, 1.807) is 20.8 Å². The van der Waals surface area contributed by atoms with E-state index in [0.717, 1.165) is 0 Å². The Kier molecular flexibility index (Phi) is 4.85. The molecule has 2 N–H and O–H groups in total. The maximum absolute atomic E-state index is 11.4. The number of likely N-dealkylation sites (N-methyl/N-ethyl adjacent to an activating group) is 1. The van der Waals surface area contributed by atoms with Crippen LogP contribution in [-0.2, 0) is 22.5 Å². The smallest absolute Gasteiger partial charge is 0.408 e. The second-order valence-electron chi connectivity index (χ2n) is 4.79. The van der Waals surface area contributed by atoms with Crippen LogP contribution >= 0.6 is 0 Å². The summed E-state index contributed by atoms with van der Waals surface area (Å²) in [6.45, 7) is 5.35. The highest BCUT2D eigenvalue weighted by Crippen LogP contribution is 2.07. The summed E-state index contributed by atoms with van der Waals surface area (Å²) in [5, 5.41) is 12.3. The van der Waals surface area contributed by atoms with Crippen LogP contribution in [0, 0.1) is 0 Å². The molecule has 0 aliphatic heterocycles. The first kappa shape index (κ1) is 14.9. The fourth-order valence-electron chi connectivity index (χ4n) is 1.12. The zero-order chi connectivity index (χ0) is 14.5. The van der Waals surface area contributed by atoms with Crippen molar-refractivity contribution in [2.45, 2.75) is 39.3 Å². The van der Waals surface area contributed by atoms with Crippen molar-refractivity contribution in [3.63, 3.8) is 0 Å². The van der Waals surface area contributed by atoms with Crippen molar-refractivity contribution in [3.05, 3.63) is 11.8 Å². The first-order chi connectivity index (χ1) is 8.80. The zero-order valence-corrected chi connectivity index (χ0v) is 11.4. The third-order valence-electron chi connectivity index (χ3n) is 1.88. The lowest BCUT2D eigenvalue weighted by atomic mass is 10.2. The van der Waals surface area contributed by atoms with Gasteiger partial charge in [0.2, 0.25) is 17.7 Å². The molecule has 0 atom stereocenters. The van der Waals surface area contributed by atoms with Gasteiger partial charge in [-0.1, -0.05) is 0 Å². The van der Waals surface area contributed by atoms with Crippen LogP contribution in [-0.4, -0.2) is 34.8 Å². The fraction of sp³-hybridized carbons (Fsp3) is 0.636. The van der Waals surface area contributed by atoms with Crippen LogP contribution in [0.4, 0.5) is 4.79 Å². The van der Waals surface area contributed by atoms with Crippen LogP contribution in [0.15, 0.2) is 4.42 Å². The van der Waals surface area contributed by atoms with Crippen molar-refractivity contribution in [3.8, 4) is 0 Å². The topological polar surface area (TPSA) is 106 Å². The predicted octanol–water partition coefficient (Wildman–Crippen LogP) is 0.383. The third-order valence-corrected chi connectivity index (χ3v) is 1.88. The normalized spacial score (nSPS) is 10.9. The molecule has 1 heterocycles. The van der Waals surface area contributed by atoms with E-state index >= 15 is 0 Å². The van der Waals surface area contributed by atoms with Crippen molar-refractivity contribution < 1.29 is 18.7 Å². The van der Waals surface area contributed by atoms with Crippen LogP contribution in [0.25, 0.3) is 0 Å². The number of hydrogen-bond donors (Lipinski definition) is 2. The van der Waals surface area contributed by atoms with Gasteiger partial charge >= 0.3 is 6.09 Å². The number of aromatic nitrogens is 2. The van der Waals surface area contributed by atoms with E-state index in [1.165, 1.54) is 7.05 Å². The van der Waals surface area contributed by atoms with Gasteiger partial charge in [-0.2, -0.15) is 0 Å². The number of amides is 2. The van der Waals surface area contributed by atoms with Gasteiger partial charge in [0.1, 0.15) is 12.0 Å². The van der Waals surface area contributed by atoms with E-state index in [4.69, 9.17) is 9.15 Å². The molecule has 19 heavy (non-hydrogen) atoms. The molecule has 0 saturated carbocycles. The summed E-state index contributed by atoms with van der Waals surface area (Å²) in [6.07, 6.45) is -0.561. The molecule has 0 spiro atoms.